The van der Waals surface area contributed by atoms with E-state index in [0.29, 0.717) is 19.6 Å². The minimum Gasteiger partial charge on any atom is -0.458 e. The molecule has 0 bridgehead atoms. The number of piperidine rings is 1. The summed E-state index contributed by atoms with van der Waals surface area (Å²) in [6, 6.07) is 5.86. The van der Waals surface area contributed by atoms with Crippen LogP contribution in [-0.4, -0.2) is 40.1 Å². The Morgan fingerprint density at radius 1 is 1.20 bits per heavy atom. The number of nitrogens with one attached hydrogen (secondary N) is 1. The number of benzene rings is 1. The van der Waals surface area contributed by atoms with Crippen LogP contribution in [0.3, 0.4) is 0 Å². The molecule has 0 unspecified atom stereocenters. The number of carbonyl (C=O) groups is 1. The number of amides is 2. The lowest BCUT2D eigenvalue weighted by atomic mass is 10.1. The highest BCUT2D eigenvalue weighted by Crippen LogP contribution is 2.15. The van der Waals surface area contributed by atoms with Gasteiger partial charge < -0.3 is 15.0 Å². The molecule has 1 aromatic carbocycles. The van der Waals surface area contributed by atoms with Crippen molar-refractivity contribution in [1.29, 1.82) is 0 Å². The van der Waals surface area contributed by atoms with Gasteiger partial charge in [0, 0.05) is 13.1 Å². The molecule has 0 aliphatic carbocycles. The normalized spacial score (nSPS) is 17.2. The van der Waals surface area contributed by atoms with Gasteiger partial charge in [0.1, 0.15) is 11.9 Å². The highest BCUT2D eigenvalue weighted by molar-refractivity contribution is 5.74. The summed E-state index contributed by atoms with van der Waals surface area (Å²) >= 11 is 0. The van der Waals surface area contributed by atoms with E-state index >= 15 is 0 Å². The van der Waals surface area contributed by atoms with E-state index in [1.807, 2.05) is 0 Å². The Morgan fingerprint density at radius 3 is 2.64 bits per heavy atom. The molecular weight excluding hydrogens is 330 g/mol. The van der Waals surface area contributed by atoms with Crippen LogP contribution in [0.2, 0.25) is 0 Å². The van der Waals surface area contributed by atoms with Crippen LogP contribution in [0.4, 0.5) is 13.6 Å². The van der Waals surface area contributed by atoms with Crippen molar-refractivity contribution < 1.29 is 18.3 Å². The summed E-state index contributed by atoms with van der Waals surface area (Å²) in [6.45, 7) is 1.34. The highest BCUT2D eigenvalue weighted by atomic mass is 19.1. The first kappa shape index (κ1) is 17.1. The zero-order valence-electron chi connectivity index (χ0n) is 13.5. The summed E-state index contributed by atoms with van der Waals surface area (Å²) in [4.78, 5) is 21.5. The van der Waals surface area contributed by atoms with Crippen molar-refractivity contribution in [2.24, 2.45) is 0 Å². The van der Waals surface area contributed by atoms with Gasteiger partial charge in [0.15, 0.2) is 5.82 Å². The molecule has 2 heterocycles. The number of carbonyl (C=O) groups excluding carboxylic acids is 1. The molecule has 132 valence electrons. The molecule has 1 aliphatic rings. The van der Waals surface area contributed by atoms with Crippen LogP contribution in [0.15, 0.2) is 36.7 Å². The van der Waals surface area contributed by atoms with Gasteiger partial charge in [0.05, 0.1) is 18.9 Å². The third-order valence-electron chi connectivity index (χ3n) is 3.89. The maximum absolute atomic E-state index is 12.9. The predicted molar refractivity (Wildman–Crippen MR) is 85.8 cm³/mol. The van der Waals surface area contributed by atoms with Gasteiger partial charge in [-0.3, -0.25) is 0 Å². The van der Waals surface area contributed by atoms with Crippen molar-refractivity contribution in [2.75, 3.05) is 13.1 Å². The molecule has 1 fully saturated rings. The fraction of sp³-hybridized carbons (Fsp3) is 0.353. The highest BCUT2D eigenvalue weighted by Gasteiger charge is 2.25. The van der Waals surface area contributed by atoms with Crippen molar-refractivity contribution in [3.8, 4) is 6.01 Å². The molecule has 6 nitrogen and oxygen atoms in total. The number of hydrogen-bond acceptors (Lipinski definition) is 4. The Hall–Kier alpha value is -2.77. The molecule has 2 amide bonds. The van der Waals surface area contributed by atoms with Crippen molar-refractivity contribution in [3.05, 3.63) is 53.9 Å². The molecule has 2 aromatic rings. The molecule has 25 heavy (non-hydrogen) atoms. The van der Waals surface area contributed by atoms with Crippen LogP contribution >= 0.6 is 0 Å². The standard InChI is InChI=1S/C17H18F2N4O2/c18-13-5-3-12(4-6-13)8-22-17(24)23-7-1-2-15(11-23)25-16-20-9-14(19)10-21-16/h3-6,9-10,15H,1-2,7-8,11H2,(H,22,24)/t15-/m0/s1. The SMILES string of the molecule is O=C(NCc1ccc(F)cc1)N1CCC[C@H](Oc2ncc(F)cn2)C1. The molecular formula is C17H18F2N4O2. The second-order valence-electron chi connectivity index (χ2n) is 5.80. The summed E-state index contributed by atoms with van der Waals surface area (Å²) in [5.41, 5.74) is 0.819. The largest absolute Gasteiger partial charge is 0.458 e. The number of hydrogen-bond donors (Lipinski definition) is 1. The van der Waals surface area contributed by atoms with Crippen LogP contribution in [0.5, 0.6) is 6.01 Å². The lowest BCUT2D eigenvalue weighted by Crippen LogP contribution is -2.48. The summed E-state index contributed by atoms with van der Waals surface area (Å²) in [5.74, 6) is -0.841. The fourth-order valence-electron chi connectivity index (χ4n) is 2.62. The topological polar surface area (TPSA) is 67.4 Å². The third kappa shape index (κ3) is 4.85. The summed E-state index contributed by atoms with van der Waals surface area (Å²) in [5, 5.41) is 2.81. The second kappa shape index (κ2) is 7.87. The average Bonchev–Trinajstić information content (AvgIpc) is 2.63. The van der Waals surface area contributed by atoms with Crippen molar-refractivity contribution >= 4 is 6.03 Å². The van der Waals surface area contributed by atoms with Gasteiger partial charge >= 0.3 is 12.0 Å². The van der Waals surface area contributed by atoms with Gasteiger partial charge in [-0.05, 0) is 30.5 Å². The number of likely N-dealkylation sites (tertiary alicyclic amines) is 1. The van der Waals surface area contributed by atoms with Crippen LogP contribution in [0.25, 0.3) is 0 Å². The smallest absolute Gasteiger partial charge is 0.317 e. The van der Waals surface area contributed by atoms with E-state index in [1.54, 1.807) is 17.0 Å². The quantitative estimate of drug-likeness (QED) is 0.922. The fourth-order valence-corrected chi connectivity index (χ4v) is 2.62. The first-order valence-electron chi connectivity index (χ1n) is 8.01. The van der Waals surface area contributed by atoms with Crippen molar-refractivity contribution in [2.45, 2.75) is 25.5 Å². The van der Waals surface area contributed by atoms with Crippen molar-refractivity contribution in [3.63, 3.8) is 0 Å². The monoisotopic (exact) mass is 348 g/mol. The molecule has 8 heteroatoms. The first-order valence-corrected chi connectivity index (χ1v) is 8.01. The van der Waals surface area contributed by atoms with E-state index in [0.717, 1.165) is 30.8 Å². The Kier molecular flexibility index (Phi) is 5.37. The van der Waals surface area contributed by atoms with E-state index in [2.05, 4.69) is 15.3 Å². The maximum Gasteiger partial charge on any atom is 0.317 e. The van der Waals surface area contributed by atoms with Crippen LogP contribution in [0.1, 0.15) is 18.4 Å². The van der Waals surface area contributed by atoms with Gasteiger partial charge in [0.2, 0.25) is 0 Å². The van der Waals surface area contributed by atoms with E-state index in [1.165, 1.54) is 12.1 Å². The first-order chi connectivity index (χ1) is 12.1. The summed E-state index contributed by atoms with van der Waals surface area (Å²) in [6.07, 6.45) is 3.39. The number of urea groups is 1. The molecule has 0 saturated carbocycles. The second-order valence-corrected chi connectivity index (χ2v) is 5.80. The number of halogens is 2. The van der Waals surface area contributed by atoms with Gasteiger partial charge in [0.25, 0.3) is 0 Å². The zero-order chi connectivity index (χ0) is 17.6. The molecule has 1 N–H and O–H groups in total. The van der Waals surface area contributed by atoms with Gasteiger partial charge in [-0.2, -0.15) is 0 Å². The number of aromatic nitrogens is 2. The number of ether oxygens (including phenoxy) is 1. The molecule has 1 atom stereocenters. The maximum atomic E-state index is 12.9. The molecule has 1 saturated heterocycles. The van der Waals surface area contributed by atoms with E-state index in [9.17, 15) is 13.6 Å². The average molecular weight is 348 g/mol. The molecule has 1 aromatic heterocycles. The zero-order valence-corrected chi connectivity index (χ0v) is 13.5. The van der Waals surface area contributed by atoms with E-state index in [-0.39, 0.29) is 24.0 Å². The molecule has 0 radical (unpaired) electrons. The Bertz CT molecular complexity index is 710. The van der Waals surface area contributed by atoms with Crippen LogP contribution in [-0.2, 0) is 6.54 Å². The van der Waals surface area contributed by atoms with E-state index in [4.69, 9.17) is 4.74 Å². The number of nitrogens with zero attached hydrogens (tertiary/aromatic N) is 3. The third-order valence-corrected chi connectivity index (χ3v) is 3.89. The van der Waals surface area contributed by atoms with Crippen molar-refractivity contribution in [1.82, 2.24) is 20.2 Å². The summed E-state index contributed by atoms with van der Waals surface area (Å²) < 4.78 is 31.3. The van der Waals surface area contributed by atoms with Crippen LogP contribution in [0, 0.1) is 11.6 Å². The molecule has 1 aliphatic heterocycles. The Morgan fingerprint density at radius 2 is 1.92 bits per heavy atom. The minimum absolute atomic E-state index is 0.0972. The van der Waals surface area contributed by atoms with Gasteiger partial charge in [-0.15, -0.1) is 0 Å². The minimum atomic E-state index is -0.530. The summed E-state index contributed by atoms with van der Waals surface area (Å²) in [7, 11) is 0. The van der Waals surface area contributed by atoms with Gasteiger partial charge in [-0.1, -0.05) is 12.1 Å². The van der Waals surface area contributed by atoms with Gasteiger partial charge in [-0.25, -0.2) is 23.5 Å². The molecule has 0 spiro atoms. The van der Waals surface area contributed by atoms with Crippen LogP contribution < -0.4 is 10.1 Å². The number of rotatable bonds is 4. The predicted octanol–water partition coefficient (Wildman–Crippen LogP) is 2.51. The molecule has 3 rings (SSSR count). The Balaban J connectivity index is 1.50. The Labute approximate surface area is 143 Å². The lowest BCUT2D eigenvalue weighted by molar-refractivity contribution is 0.0936. The van der Waals surface area contributed by atoms with E-state index < -0.39 is 5.82 Å². The lowest BCUT2D eigenvalue weighted by Gasteiger charge is -2.32.